The van der Waals surface area contributed by atoms with E-state index in [4.69, 9.17) is 0 Å². The highest BCUT2D eigenvalue weighted by Crippen LogP contribution is 2.15. The maximum Gasteiger partial charge on any atom is 0.185 e. The molecule has 25 heavy (non-hydrogen) atoms. The predicted molar refractivity (Wildman–Crippen MR) is 105 cm³/mol. The van der Waals surface area contributed by atoms with Crippen molar-refractivity contribution in [2.75, 3.05) is 0 Å². The Morgan fingerprint density at radius 2 is 1.44 bits per heavy atom. The van der Waals surface area contributed by atoms with E-state index in [1.807, 2.05) is 91.2 Å². The van der Waals surface area contributed by atoms with Gasteiger partial charge in [0.05, 0.1) is 5.69 Å². The molecule has 0 atom stereocenters. The molecule has 0 bridgehead atoms. The van der Waals surface area contributed by atoms with Crippen LogP contribution in [0.1, 0.15) is 27.0 Å². The van der Waals surface area contributed by atoms with E-state index in [0.29, 0.717) is 5.56 Å². The van der Waals surface area contributed by atoms with Gasteiger partial charge in [0, 0.05) is 11.8 Å². The highest BCUT2D eigenvalue weighted by atomic mass is 16.1. The molecule has 0 heterocycles. The molecule has 0 aromatic heterocycles. The van der Waals surface area contributed by atoms with Gasteiger partial charge in [-0.1, -0.05) is 78.4 Å². The summed E-state index contributed by atoms with van der Waals surface area (Å²) in [4.78, 5) is 16.7. The Bertz CT molecular complexity index is 906. The lowest BCUT2D eigenvalue weighted by Gasteiger charge is -2.01. The number of hydrogen-bond acceptors (Lipinski definition) is 2. The molecule has 0 aliphatic heterocycles. The van der Waals surface area contributed by atoms with Gasteiger partial charge in [0.25, 0.3) is 0 Å². The number of carbonyl (C=O) groups is 1. The van der Waals surface area contributed by atoms with E-state index in [9.17, 15) is 4.79 Å². The SMILES string of the molecule is Cc1ccc(N=Cc2ccccc2/C=C/C(=O)c2ccccc2)cc1. The lowest BCUT2D eigenvalue weighted by atomic mass is 10.1. The lowest BCUT2D eigenvalue weighted by Crippen LogP contribution is -1.93. The topological polar surface area (TPSA) is 29.4 Å². The van der Waals surface area contributed by atoms with Crippen LogP contribution in [-0.2, 0) is 0 Å². The Balaban J connectivity index is 1.80. The quantitative estimate of drug-likeness (QED) is 0.339. The number of aliphatic imine (C=N–C) groups is 1. The Labute approximate surface area is 148 Å². The largest absolute Gasteiger partial charge is 0.289 e. The fraction of sp³-hybridized carbons (Fsp3) is 0.0435. The highest BCUT2D eigenvalue weighted by molar-refractivity contribution is 6.07. The van der Waals surface area contributed by atoms with E-state index in [1.54, 1.807) is 6.08 Å². The van der Waals surface area contributed by atoms with Crippen molar-refractivity contribution in [2.24, 2.45) is 4.99 Å². The number of benzene rings is 3. The van der Waals surface area contributed by atoms with Crippen LogP contribution >= 0.6 is 0 Å². The van der Waals surface area contributed by atoms with Crippen LogP contribution in [0.5, 0.6) is 0 Å². The van der Waals surface area contributed by atoms with E-state index in [0.717, 1.165) is 16.8 Å². The van der Waals surface area contributed by atoms with Crippen molar-refractivity contribution < 1.29 is 4.79 Å². The van der Waals surface area contributed by atoms with E-state index in [-0.39, 0.29) is 5.78 Å². The summed E-state index contributed by atoms with van der Waals surface area (Å²) in [7, 11) is 0. The molecular weight excluding hydrogens is 306 g/mol. The van der Waals surface area contributed by atoms with Crippen LogP contribution in [0, 0.1) is 6.92 Å². The minimum Gasteiger partial charge on any atom is -0.289 e. The zero-order chi connectivity index (χ0) is 17.5. The molecule has 0 fully saturated rings. The van der Waals surface area contributed by atoms with Gasteiger partial charge < -0.3 is 0 Å². The number of carbonyl (C=O) groups excluding carboxylic acids is 1. The smallest absolute Gasteiger partial charge is 0.185 e. The molecule has 0 unspecified atom stereocenters. The number of nitrogens with zero attached hydrogens (tertiary/aromatic N) is 1. The molecule has 2 nitrogen and oxygen atoms in total. The summed E-state index contributed by atoms with van der Waals surface area (Å²) in [6, 6.07) is 25.2. The molecule has 3 rings (SSSR count). The average Bonchev–Trinajstić information content (AvgIpc) is 2.67. The van der Waals surface area contributed by atoms with Crippen molar-refractivity contribution >= 4 is 23.8 Å². The fourth-order valence-electron chi connectivity index (χ4n) is 2.42. The normalized spacial score (nSPS) is 11.2. The molecule has 0 radical (unpaired) electrons. The lowest BCUT2D eigenvalue weighted by molar-refractivity contribution is 0.104. The standard InChI is InChI=1S/C23H19NO/c1-18-11-14-22(15-12-18)24-17-21-10-6-5-7-19(21)13-16-23(25)20-8-3-2-4-9-20/h2-17H,1H3/b16-13+,24-17?. The minimum absolute atomic E-state index is 0.00845. The van der Waals surface area contributed by atoms with Crippen molar-refractivity contribution in [2.45, 2.75) is 6.92 Å². The second-order valence-electron chi connectivity index (χ2n) is 5.79. The van der Waals surface area contributed by atoms with Gasteiger partial charge >= 0.3 is 0 Å². The molecular formula is C23H19NO. The van der Waals surface area contributed by atoms with Gasteiger partial charge in [-0.2, -0.15) is 0 Å². The van der Waals surface area contributed by atoms with Gasteiger partial charge in [-0.15, -0.1) is 0 Å². The molecule has 0 N–H and O–H groups in total. The maximum atomic E-state index is 12.2. The van der Waals surface area contributed by atoms with Crippen molar-refractivity contribution in [3.63, 3.8) is 0 Å². The first-order valence-corrected chi connectivity index (χ1v) is 8.19. The summed E-state index contributed by atoms with van der Waals surface area (Å²) in [5.41, 5.74) is 4.74. The van der Waals surface area contributed by atoms with Crippen molar-refractivity contribution in [3.05, 3.63) is 107 Å². The first-order chi connectivity index (χ1) is 12.2. The van der Waals surface area contributed by atoms with E-state index in [2.05, 4.69) is 11.9 Å². The summed E-state index contributed by atoms with van der Waals surface area (Å²) in [6.45, 7) is 2.05. The Morgan fingerprint density at radius 3 is 2.16 bits per heavy atom. The summed E-state index contributed by atoms with van der Waals surface area (Å²) >= 11 is 0. The predicted octanol–water partition coefficient (Wildman–Crippen LogP) is 5.64. The third-order valence-electron chi connectivity index (χ3n) is 3.86. The Morgan fingerprint density at radius 1 is 0.800 bits per heavy atom. The van der Waals surface area contributed by atoms with Crippen molar-refractivity contribution in [1.82, 2.24) is 0 Å². The van der Waals surface area contributed by atoms with Gasteiger partial charge in [0.2, 0.25) is 0 Å². The summed E-state index contributed by atoms with van der Waals surface area (Å²) in [6.07, 6.45) is 5.27. The van der Waals surface area contributed by atoms with Gasteiger partial charge in [-0.3, -0.25) is 9.79 Å². The second kappa shape index (κ2) is 8.02. The highest BCUT2D eigenvalue weighted by Gasteiger charge is 2.01. The van der Waals surface area contributed by atoms with Crippen LogP contribution in [0.2, 0.25) is 0 Å². The summed E-state index contributed by atoms with van der Waals surface area (Å²) in [5.74, 6) is -0.00845. The second-order valence-corrected chi connectivity index (χ2v) is 5.79. The van der Waals surface area contributed by atoms with Crippen LogP contribution in [0.25, 0.3) is 6.08 Å². The van der Waals surface area contributed by atoms with Gasteiger partial charge in [0.1, 0.15) is 0 Å². The van der Waals surface area contributed by atoms with Crippen LogP contribution in [0.3, 0.4) is 0 Å². The van der Waals surface area contributed by atoms with Crippen LogP contribution < -0.4 is 0 Å². The van der Waals surface area contributed by atoms with Gasteiger partial charge in [-0.05, 0) is 36.3 Å². The molecule has 3 aromatic carbocycles. The molecule has 3 aromatic rings. The molecule has 122 valence electrons. The fourth-order valence-corrected chi connectivity index (χ4v) is 2.42. The zero-order valence-corrected chi connectivity index (χ0v) is 14.1. The Hall–Kier alpha value is -3.26. The molecule has 0 spiro atoms. The minimum atomic E-state index is -0.00845. The molecule has 2 heteroatoms. The molecule has 0 saturated carbocycles. The van der Waals surface area contributed by atoms with E-state index < -0.39 is 0 Å². The van der Waals surface area contributed by atoms with E-state index >= 15 is 0 Å². The average molecular weight is 325 g/mol. The number of ketones is 1. The number of rotatable bonds is 5. The number of hydrogen-bond donors (Lipinski definition) is 0. The third-order valence-corrected chi connectivity index (χ3v) is 3.86. The zero-order valence-electron chi connectivity index (χ0n) is 14.1. The van der Waals surface area contributed by atoms with Crippen LogP contribution in [-0.4, -0.2) is 12.0 Å². The van der Waals surface area contributed by atoms with Gasteiger partial charge in [0.15, 0.2) is 5.78 Å². The maximum absolute atomic E-state index is 12.2. The van der Waals surface area contributed by atoms with Crippen molar-refractivity contribution in [1.29, 1.82) is 0 Å². The summed E-state index contributed by atoms with van der Waals surface area (Å²) in [5, 5.41) is 0. The first-order valence-electron chi connectivity index (χ1n) is 8.19. The number of allylic oxidation sites excluding steroid dienone is 1. The third kappa shape index (κ3) is 4.61. The molecule has 0 saturated heterocycles. The van der Waals surface area contributed by atoms with E-state index in [1.165, 1.54) is 5.56 Å². The van der Waals surface area contributed by atoms with Crippen molar-refractivity contribution in [3.8, 4) is 0 Å². The molecule has 0 aliphatic rings. The van der Waals surface area contributed by atoms with Gasteiger partial charge in [-0.25, -0.2) is 0 Å². The van der Waals surface area contributed by atoms with Crippen LogP contribution in [0.15, 0.2) is 89.9 Å². The van der Waals surface area contributed by atoms with Crippen LogP contribution in [0.4, 0.5) is 5.69 Å². The monoisotopic (exact) mass is 325 g/mol. The number of aryl methyl sites for hydroxylation is 1. The summed E-state index contributed by atoms with van der Waals surface area (Å²) < 4.78 is 0. The Kier molecular flexibility index (Phi) is 5.32. The molecule has 0 aliphatic carbocycles. The first kappa shape index (κ1) is 16.6. The molecule has 0 amide bonds.